The molecule has 1 fully saturated rings. The number of carbonyl (C=O) groups is 1. The Morgan fingerprint density at radius 2 is 1.64 bits per heavy atom. The van der Waals surface area contributed by atoms with E-state index in [2.05, 4.69) is 5.32 Å². The molecule has 0 aromatic heterocycles. The van der Waals surface area contributed by atoms with Crippen molar-refractivity contribution in [2.24, 2.45) is 5.73 Å². The van der Waals surface area contributed by atoms with E-state index >= 15 is 0 Å². The van der Waals surface area contributed by atoms with Crippen LogP contribution in [-0.4, -0.2) is 54.6 Å². The number of hydrogen-bond donors (Lipinski definition) is 4. The van der Waals surface area contributed by atoms with Crippen molar-refractivity contribution in [1.29, 1.82) is 0 Å². The standard InChI is InChI=1S/C5H11N3O.H2O4S/c6-5(9)8-3-1-7-2-4-8;1-5(2,3)4/h7H,1-4H2,(H2,6,9);(H2,1,2,3,4). The molecule has 1 saturated heterocycles. The van der Waals surface area contributed by atoms with Gasteiger partial charge in [0.15, 0.2) is 0 Å². The van der Waals surface area contributed by atoms with E-state index in [0.29, 0.717) is 0 Å². The molecule has 0 radical (unpaired) electrons. The largest absolute Gasteiger partial charge is 0.394 e. The van der Waals surface area contributed by atoms with Crippen LogP contribution in [0.15, 0.2) is 0 Å². The van der Waals surface area contributed by atoms with Gasteiger partial charge in [-0.15, -0.1) is 0 Å². The highest BCUT2D eigenvalue weighted by atomic mass is 32.3. The van der Waals surface area contributed by atoms with Crippen molar-refractivity contribution in [2.45, 2.75) is 0 Å². The minimum Gasteiger partial charge on any atom is -0.351 e. The predicted molar refractivity (Wildman–Crippen MR) is 48.2 cm³/mol. The van der Waals surface area contributed by atoms with Crippen molar-refractivity contribution in [3.8, 4) is 0 Å². The summed E-state index contributed by atoms with van der Waals surface area (Å²) in [5.74, 6) is 0. The molecule has 84 valence electrons. The third-order valence-electron chi connectivity index (χ3n) is 1.43. The Morgan fingerprint density at radius 3 is 1.86 bits per heavy atom. The van der Waals surface area contributed by atoms with Gasteiger partial charge in [-0.2, -0.15) is 8.42 Å². The fourth-order valence-electron chi connectivity index (χ4n) is 0.885. The van der Waals surface area contributed by atoms with Gasteiger partial charge in [0, 0.05) is 26.2 Å². The molecular formula is C5H13N3O5S. The van der Waals surface area contributed by atoms with Crippen LogP contribution in [0.1, 0.15) is 0 Å². The van der Waals surface area contributed by atoms with Crippen molar-refractivity contribution in [2.75, 3.05) is 26.2 Å². The molecule has 8 nitrogen and oxygen atoms in total. The number of nitrogens with two attached hydrogens (primary N) is 1. The van der Waals surface area contributed by atoms with E-state index in [-0.39, 0.29) is 6.03 Å². The van der Waals surface area contributed by atoms with Crippen molar-refractivity contribution in [1.82, 2.24) is 10.2 Å². The second-order valence-electron chi connectivity index (χ2n) is 2.52. The first-order valence-corrected chi connectivity index (χ1v) is 5.15. The molecule has 0 spiro atoms. The maximum atomic E-state index is 10.5. The van der Waals surface area contributed by atoms with E-state index in [0.717, 1.165) is 26.2 Å². The van der Waals surface area contributed by atoms with Crippen molar-refractivity contribution in [3.63, 3.8) is 0 Å². The minimum absolute atomic E-state index is 0.309. The first-order valence-electron chi connectivity index (χ1n) is 3.75. The lowest BCUT2D eigenvalue weighted by molar-refractivity contribution is 0.200. The zero-order valence-electron chi connectivity index (χ0n) is 7.38. The number of urea groups is 1. The van der Waals surface area contributed by atoms with Crippen LogP contribution in [0.2, 0.25) is 0 Å². The average Bonchev–Trinajstić information content (AvgIpc) is 2.03. The molecule has 2 amide bonds. The SMILES string of the molecule is NC(=O)N1CCNCC1.O=S(=O)(O)O. The number of carbonyl (C=O) groups excluding carboxylic acids is 1. The molecule has 0 unspecified atom stereocenters. The van der Waals surface area contributed by atoms with Gasteiger partial charge >= 0.3 is 16.4 Å². The summed E-state index contributed by atoms with van der Waals surface area (Å²) in [6, 6.07) is -0.309. The molecule has 9 heteroatoms. The number of primary amides is 1. The molecule has 0 aromatic rings. The molecule has 1 rings (SSSR count). The molecule has 0 aromatic carbocycles. The molecule has 0 bridgehead atoms. The highest BCUT2D eigenvalue weighted by Gasteiger charge is 2.11. The Bertz CT molecular complexity index is 263. The van der Waals surface area contributed by atoms with Gasteiger partial charge in [0.05, 0.1) is 0 Å². The van der Waals surface area contributed by atoms with E-state index in [9.17, 15) is 4.79 Å². The maximum Gasteiger partial charge on any atom is 0.394 e. The number of piperazine rings is 1. The second-order valence-corrected chi connectivity index (χ2v) is 3.42. The van der Waals surface area contributed by atoms with E-state index in [1.54, 1.807) is 4.90 Å². The van der Waals surface area contributed by atoms with Gasteiger partial charge in [0.25, 0.3) is 0 Å². The van der Waals surface area contributed by atoms with Crippen LogP contribution in [0.4, 0.5) is 4.79 Å². The van der Waals surface area contributed by atoms with E-state index < -0.39 is 10.4 Å². The molecule has 0 atom stereocenters. The number of nitrogens with one attached hydrogen (secondary N) is 1. The van der Waals surface area contributed by atoms with Gasteiger partial charge in [-0.3, -0.25) is 9.11 Å². The zero-order chi connectivity index (χ0) is 11.2. The predicted octanol–water partition coefficient (Wildman–Crippen LogP) is -1.68. The zero-order valence-corrected chi connectivity index (χ0v) is 8.20. The number of hydrogen-bond acceptors (Lipinski definition) is 4. The first kappa shape index (κ1) is 13.1. The topological polar surface area (TPSA) is 133 Å². The summed E-state index contributed by atoms with van der Waals surface area (Å²) in [5, 5.41) is 3.12. The molecule has 5 N–H and O–H groups in total. The van der Waals surface area contributed by atoms with Crippen molar-refractivity contribution >= 4 is 16.4 Å². The summed E-state index contributed by atoms with van der Waals surface area (Å²) in [6.45, 7) is 3.22. The third kappa shape index (κ3) is 9.19. The summed E-state index contributed by atoms with van der Waals surface area (Å²) in [4.78, 5) is 12.1. The van der Waals surface area contributed by atoms with Crippen molar-refractivity contribution in [3.05, 3.63) is 0 Å². The summed E-state index contributed by atoms with van der Waals surface area (Å²) in [6.07, 6.45) is 0. The van der Waals surface area contributed by atoms with Gasteiger partial charge in [-0.25, -0.2) is 4.79 Å². The Morgan fingerprint density at radius 1 is 1.29 bits per heavy atom. The summed E-state index contributed by atoms with van der Waals surface area (Å²) in [7, 11) is -4.67. The summed E-state index contributed by atoms with van der Waals surface area (Å²) >= 11 is 0. The molecule has 1 aliphatic heterocycles. The Kier molecular flexibility index (Phi) is 5.38. The molecule has 0 saturated carbocycles. The van der Waals surface area contributed by atoms with E-state index in [1.165, 1.54) is 0 Å². The first-order chi connectivity index (χ1) is 6.30. The normalized spacial score (nSPS) is 16.9. The Balaban J connectivity index is 0.000000292. The van der Waals surface area contributed by atoms with Crippen LogP contribution in [0.5, 0.6) is 0 Å². The van der Waals surface area contributed by atoms with E-state index in [4.69, 9.17) is 23.3 Å². The van der Waals surface area contributed by atoms with Gasteiger partial charge in [0.1, 0.15) is 0 Å². The monoisotopic (exact) mass is 227 g/mol. The fourth-order valence-corrected chi connectivity index (χ4v) is 0.885. The van der Waals surface area contributed by atoms with Crippen LogP contribution >= 0.6 is 0 Å². The quantitative estimate of drug-likeness (QED) is 0.365. The molecule has 14 heavy (non-hydrogen) atoms. The van der Waals surface area contributed by atoms with E-state index in [1.807, 2.05) is 0 Å². The number of nitrogens with zero attached hydrogens (tertiary/aromatic N) is 1. The van der Waals surface area contributed by atoms with Crippen LogP contribution in [-0.2, 0) is 10.4 Å². The van der Waals surface area contributed by atoms with Crippen LogP contribution in [0.25, 0.3) is 0 Å². The van der Waals surface area contributed by atoms with Crippen LogP contribution < -0.4 is 11.1 Å². The van der Waals surface area contributed by atoms with Gasteiger partial charge in [-0.05, 0) is 0 Å². The maximum absolute atomic E-state index is 10.5. The second kappa shape index (κ2) is 5.75. The van der Waals surface area contributed by atoms with Crippen molar-refractivity contribution < 1.29 is 22.3 Å². The van der Waals surface area contributed by atoms with Gasteiger partial charge in [-0.1, -0.05) is 0 Å². The fraction of sp³-hybridized carbons (Fsp3) is 0.800. The molecule has 1 aliphatic rings. The van der Waals surface area contributed by atoms with Gasteiger partial charge < -0.3 is 16.0 Å². The Labute approximate surface area is 81.6 Å². The van der Waals surface area contributed by atoms with Crippen LogP contribution in [0.3, 0.4) is 0 Å². The minimum atomic E-state index is -4.67. The lowest BCUT2D eigenvalue weighted by Crippen LogP contribution is -2.48. The third-order valence-corrected chi connectivity index (χ3v) is 1.43. The number of amides is 2. The van der Waals surface area contributed by atoms with Gasteiger partial charge in [0.2, 0.25) is 0 Å². The molecular weight excluding hydrogens is 214 g/mol. The highest BCUT2D eigenvalue weighted by molar-refractivity contribution is 7.79. The summed E-state index contributed by atoms with van der Waals surface area (Å²) in [5.41, 5.74) is 5.03. The number of rotatable bonds is 0. The average molecular weight is 227 g/mol. The smallest absolute Gasteiger partial charge is 0.351 e. The molecule has 1 heterocycles. The lowest BCUT2D eigenvalue weighted by Gasteiger charge is -2.25. The molecule has 0 aliphatic carbocycles. The Hall–Kier alpha value is -0.900. The lowest BCUT2D eigenvalue weighted by atomic mass is 10.4. The van der Waals surface area contributed by atoms with Crippen LogP contribution in [0, 0.1) is 0 Å². The summed E-state index contributed by atoms with van der Waals surface area (Å²) < 4.78 is 31.6. The highest BCUT2D eigenvalue weighted by Crippen LogP contribution is 1.89.